The van der Waals surface area contributed by atoms with Gasteiger partial charge in [0.15, 0.2) is 0 Å². The van der Waals surface area contributed by atoms with Crippen LogP contribution < -0.4 is 5.73 Å². The molecule has 0 aliphatic carbocycles. The van der Waals surface area contributed by atoms with Gasteiger partial charge in [-0.3, -0.25) is 4.21 Å². The largest absolute Gasteiger partial charge is 0.398 e. The molecule has 0 aliphatic rings. The van der Waals surface area contributed by atoms with Crippen molar-refractivity contribution in [2.45, 2.75) is 10.6 Å². The Morgan fingerprint density at radius 2 is 1.95 bits per heavy atom. The van der Waals surface area contributed by atoms with Crippen LogP contribution in [0.25, 0.3) is 10.1 Å². The van der Waals surface area contributed by atoms with Gasteiger partial charge in [-0.1, -0.05) is 35.9 Å². The van der Waals surface area contributed by atoms with Crippen LogP contribution in [0.1, 0.15) is 5.56 Å². The first-order chi connectivity index (χ1) is 9.66. The molecule has 2 nitrogen and oxygen atoms in total. The van der Waals surface area contributed by atoms with Crippen molar-refractivity contribution < 1.29 is 4.21 Å². The van der Waals surface area contributed by atoms with Crippen LogP contribution in [-0.2, 0) is 16.6 Å². The average molecular weight is 322 g/mol. The second-order valence-corrected chi connectivity index (χ2v) is 7.11. The van der Waals surface area contributed by atoms with Crippen molar-refractivity contribution in [3.8, 4) is 0 Å². The number of nitrogens with two attached hydrogens (primary N) is 1. The van der Waals surface area contributed by atoms with E-state index >= 15 is 0 Å². The molecule has 3 rings (SSSR count). The van der Waals surface area contributed by atoms with Crippen molar-refractivity contribution in [2.75, 3.05) is 5.73 Å². The highest BCUT2D eigenvalue weighted by molar-refractivity contribution is 7.84. The summed E-state index contributed by atoms with van der Waals surface area (Å²) in [6, 6.07) is 13.3. The summed E-state index contributed by atoms with van der Waals surface area (Å²) in [5, 5.41) is 3.66. The minimum absolute atomic E-state index is 0.429. The summed E-state index contributed by atoms with van der Waals surface area (Å²) in [5.74, 6) is 0.429. The second kappa shape index (κ2) is 5.56. The summed E-state index contributed by atoms with van der Waals surface area (Å²) in [4.78, 5) is 0.532. The SMILES string of the molecule is Nc1cccc(Cl)c1S(=O)Cc1csc2ccccc12. The molecular formula is C15H12ClNOS2. The fourth-order valence-electron chi connectivity index (χ4n) is 2.12. The smallest absolute Gasteiger partial charge is 0.0806 e. The Kier molecular flexibility index (Phi) is 3.78. The Morgan fingerprint density at radius 3 is 2.75 bits per heavy atom. The van der Waals surface area contributed by atoms with Gasteiger partial charge in [0.1, 0.15) is 0 Å². The van der Waals surface area contributed by atoms with E-state index in [2.05, 4.69) is 11.4 Å². The maximum Gasteiger partial charge on any atom is 0.0806 e. The monoisotopic (exact) mass is 321 g/mol. The zero-order valence-corrected chi connectivity index (χ0v) is 12.9. The third-order valence-corrected chi connectivity index (χ3v) is 6.00. The molecule has 0 fully saturated rings. The molecule has 0 radical (unpaired) electrons. The minimum Gasteiger partial charge on any atom is -0.398 e. The highest BCUT2D eigenvalue weighted by Crippen LogP contribution is 2.31. The van der Waals surface area contributed by atoms with E-state index < -0.39 is 10.8 Å². The molecule has 1 atom stereocenters. The topological polar surface area (TPSA) is 43.1 Å². The molecule has 3 aromatic rings. The van der Waals surface area contributed by atoms with Gasteiger partial charge in [-0.25, -0.2) is 0 Å². The molecule has 102 valence electrons. The number of hydrogen-bond donors (Lipinski definition) is 1. The first-order valence-corrected chi connectivity index (χ1v) is 8.62. The maximum atomic E-state index is 12.5. The molecule has 0 amide bonds. The van der Waals surface area contributed by atoms with Crippen molar-refractivity contribution in [3.63, 3.8) is 0 Å². The highest BCUT2D eigenvalue weighted by Gasteiger charge is 2.15. The molecule has 0 saturated carbocycles. The van der Waals surface area contributed by atoms with Gasteiger partial charge in [0.25, 0.3) is 0 Å². The van der Waals surface area contributed by atoms with E-state index in [-0.39, 0.29) is 0 Å². The van der Waals surface area contributed by atoms with E-state index in [0.29, 0.717) is 21.4 Å². The number of hydrogen-bond acceptors (Lipinski definition) is 3. The molecule has 1 heterocycles. The Morgan fingerprint density at radius 1 is 1.15 bits per heavy atom. The number of benzene rings is 2. The van der Waals surface area contributed by atoms with Crippen LogP contribution in [0.2, 0.25) is 5.02 Å². The summed E-state index contributed by atoms with van der Waals surface area (Å²) >= 11 is 7.77. The van der Waals surface area contributed by atoms with Crippen molar-refractivity contribution >= 4 is 49.5 Å². The van der Waals surface area contributed by atoms with Crippen LogP contribution >= 0.6 is 22.9 Å². The molecule has 0 aliphatic heterocycles. The summed E-state index contributed by atoms with van der Waals surface area (Å²) in [7, 11) is -1.24. The molecular weight excluding hydrogens is 310 g/mol. The number of halogens is 1. The van der Waals surface area contributed by atoms with Crippen molar-refractivity contribution in [1.29, 1.82) is 0 Å². The Bertz CT molecular complexity index is 777. The van der Waals surface area contributed by atoms with E-state index in [4.69, 9.17) is 17.3 Å². The maximum absolute atomic E-state index is 12.5. The molecule has 20 heavy (non-hydrogen) atoms. The van der Waals surface area contributed by atoms with Gasteiger partial charge >= 0.3 is 0 Å². The zero-order valence-electron chi connectivity index (χ0n) is 10.5. The van der Waals surface area contributed by atoms with Gasteiger partial charge in [-0.05, 0) is 34.5 Å². The normalized spacial score (nSPS) is 12.7. The van der Waals surface area contributed by atoms with Gasteiger partial charge in [-0.2, -0.15) is 0 Å². The fourth-order valence-corrected chi connectivity index (χ4v) is 4.91. The predicted octanol–water partition coefficient (Wildman–Crippen LogP) is 4.44. The Balaban J connectivity index is 1.97. The number of nitrogen functional groups attached to an aromatic ring is 1. The van der Waals surface area contributed by atoms with Crippen LogP contribution in [-0.4, -0.2) is 4.21 Å². The van der Waals surface area contributed by atoms with Crippen molar-refractivity contribution in [1.82, 2.24) is 0 Å². The van der Waals surface area contributed by atoms with Gasteiger partial charge in [-0.15, -0.1) is 11.3 Å². The predicted molar refractivity (Wildman–Crippen MR) is 87.8 cm³/mol. The van der Waals surface area contributed by atoms with Crippen molar-refractivity contribution in [3.05, 3.63) is 58.4 Å². The van der Waals surface area contributed by atoms with Crippen LogP contribution in [0.5, 0.6) is 0 Å². The average Bonchev–Trinajstić information content (AvgIpc) is 2.82. The minimum atomic E-state index is -1.24. The molecule has 5 heteroatoms. The van der Waals surface area contributed by atoms with Crippen LogP contribution in [0.15, 0.2) is 52.7 Å². The Labute approximate surface area is 128 Å². The lowest BCUT2D eigenvalue weighted by molar-refractivity contribution is 0.683. The van der Waals surface area contributed by atoms with E-state index in [1.807, 2.05) is 18.2 Å². The lowest BCUT2D eigenvalue weighted by Crippen LogP contribution is -2.01. The molecule has 1 unspecified atom stereocenters. The fraction of sp³-hybridized carbons (Fsp3) is 0.0667. The second-order valence-electron chi connectivity index (χ2n) is 4.41. The summed E-state index contributed by atoms with van der Waals surface area (Å²) in [6.07, 6.45) is 0. The molecule has 2 aromatic carbocycles. The van der Waals surface area contributed by atoms with Gasteiger partial charge < -0.3 is 5.73 Å². The number of thiophene rings is 1. The van der Waals surface area contributed by atoms with E-state index in [0.717, 1.165) is 10.9 Å². The lowest BCUT2D eigenvalue weighted by atomic mass is 10.2. The summed E-state index contributed by atoms with van der Waals surface area (Å²) < 4.78 is 13.7. The lowest BCUT2D eigenvalue weighted by Gasteiger charge is -2.07. The molecule has 0 saturated heterocycles. The third-order valence-electron chi connectivity index (χ3n) is 3.07. The molecule has 0 bridgehead atoms. The van der Waals surface area contributed by atoms with Crippen molar-refractivity contribution in [2.24, 2.45) is 0 Å². The summed E-state index contributed by atoms with van der Waals surface area (Å²) in [6.45, 7) is 0. The van der Waals surface area contributed by atoms with Gasteiger partial charge in [0, 0.05) is 10.4 Å². The molecule has 2 N–H and O–H groups in total. The van der Waals surface area contributed by atoms with E-state index in [9.17, 15) is 4.21 Å². The zero-order chi connectivity index (χ0) is 14.1. The van der Waals surface area contributed by atoms with Gasteiger partial charge in [0.2, 0.25) is 0 Å². The number of rotatable bonds is 3. The van der Waals surface area contributed by atoms with Gasteiger partial charge in [0.05, 0.1) is 26.5 Å². The summed E-state index contributed by atoms with van der Waals surface area (Å²) in [5.41, 5.74) is 7.44. The standard InChI is InChI=1S/C15H12ClNOS2/c16-12-5-3-6-13(17)15(12)20(18)9-10-8-19-14-7-2-1-4-11(10)14/h1-8H,9,17H2. The molecule has 0 spiro atoms. The van der Waals surface area contributed by atoms with E-state index in [1.165, 1.54) is 4.70 Å². The molecule has 1 aromatic heterocycles. The first-order valence-electron chi connectivity index (χ1n) is 6.04. The third kappa shape index (κ3) is 2.46. The highest BCUT2D eigenvalue weighted by atomic mass is 35.5. The Hall–Kier alpha value is -1.36. The quantitative estimate of drug-likeness (QED) is 0.724. The van der Waals surface area contributed by atoms with Crippen LogP contribution in [0.3, 0.4) is 0 Å². The van der Waals surface area contributed by atoms with Crippen LogP contribution in [0, 0.1) is 0 Å². The number of anilines is 1. The van der Waals surface area contributed by atoms with E-state index in [1.54, 1.807) is 29.5 Å². The number of fused-ring (bicyclic) bond motifs is 1. The first kappa shape index (κ1) is 13.6. The van der Waals surface area contributed by atoms with Crippen LogP contribution in [0.4, 0.5) is 5.69 Å².